The number of methoxy groups -OCH3 is 1. The fourth-order valence-corrected chi connectivity index (χ4v) is 2.55. The molecule has 0 saturated carbocycles. The summed E-state index contributed by atoms with van der Waals surface area (Å²) in [6, 6.07) is 2.72. The molecule has 1 heterocycles. The molecule has 0 spiro atoms. The quantitative estimate of drug-likeness (QED) is 0.745. The van der Waals surface area contributed by atoms with Crippen LogP contribution in [0.25, 0.3) is 0 Å². The van der Waals surface area contributed by atoms with Crippen molar-refractivity contribution in [1.82, 2.24) is 15.1 Å². The van der Waals surface area contributed by atoms with E-state index in [2.05, 4.69) is 37.3 Å². The van der Waals surface area contributed by atoms with E-state index in [0.29, 0.717) is 12.0 Å². The van der Waals surface area contributed by atoms with Gasteiger partial charge in [0.05, 0.1) is 5.69 Å². The Morgan fingerprint density at radius 2 is 2.16 bits per heavy atom. The molecule has 0 amide bonds. The molecule has 0 aliphatic heterocycles. The average molecular weight is 267 g/mol. The maximum Gasteiger partial charge on any atom is 0.0624 e. The lowest BCUT2D eigenvalue weighted by molar-refractivity contribution is 0.149. The first-order valence-corrected chi connectivity index (χ1v) is 7.34. The van der Waals surface area contributed by atoms with Crippen LogP contribution in [0.15, 0.2) is 6.07 Å². The van der Waals surface area contributed by atoms with E-state index in [0.717, 1.165) is 32.4 Å². The number of nitrogens with one attached hydrogen (secondary N) is 1. The van der Waals surface area contributed by atoms with Gasteiger partial charge in [0.1, 0.15) is 0 Å². The maximum atomic E-state index is 5.23. The van der Waals surface area contributed by atoms with Crippen LogP contribution in [-0.4, -0.2) is 36.1 Å². The second kappa shape index (κ2) is 8.33. The smallest absolute Gasteiger partial charge is 0.0624 e. The van der Waals surface area contributed by atoms with Gasteiger partial charge in [-0.15, -0.1) is 0 Å². The first-order valence-electron chi connectivity index (χ1n) is 7.34. The molecule has 0 fully saturated rings. The van der Waals surface area contributed by atoms with Gasteiger partial charge in [0.25, 0.3) is 0 Å². The second-order valence-corrected chi connectivity index (χ2v) is 5.36. The molecule has 1 aromatic heterocycles. The Morgan fingerprint density at radius 3 is 2.68 bits per heavy atom. The zero-order chi connectivity index (χ0) is 14.3. The van der Waals surface area contributed by atoms with Crippen molar-refractivity contribution in [2.45, 2.75) is 46.1 Å². The van der Waals surface area contributed by atoms with Crippen LogP contribution in [0.5, 0.6) is 0 Å². The van der Waals surface area contributed by atoms with Crippen molar-refractivity contribution < 1.29 is 4.74 Å². The minimum atomic E-state index is 0.496. The molecule has 4 heteroatoms. The first-order chi connectivity index (χ1) is 9.10. The van der Waals surface area contributed by atoms with Crippen LogP contribution in [0, 0.1) is 5.92 Å². The van der Waals surface area contributed by atoms with Crippen molar-refractivity contribution in [3.8, 4) is 0 Å². The normalized spacial score (nSPS) is 14.6. The number of hydrogen-bond donors (Lipinski definition) is 1. The molecule has 19 heavy (non-hydrogen) atoms. The number of aromatic nitrogens is 2. The van der Waals surface area contributed by atoms with E-state index in [9.17, 15) is 0 Å². The standard InChI is InChI=1S/C15H29N3O/c1-6-13-9-15(18(4)17-13)10-14(16-7-2)8-12(3)11-19-5/h9,12,14,16H,6-8,10-11H2,1-5H3. The van der Waals surface area contributed by atoms with Gasteiger partial charge in [0.2, 0.25) is 0 Å². The lowest BCUT2D eigenvalue weighted by Gasteiger charge is -2.21. The highest BCUT2D eigenvalue weighted by Crippen LogP contribution is 2.13. The van der Waals surface area contributed by atoms with Crippen LogP contribution in [0.1, 0.15) is 38.6 Å². The number of nitrogens with zero attached hydrogens (tertiary/aromatic N) is 2. The Morgan fingerprint density at radius 1 is 1.42 bits per heavy atom. The molecule has 0 aliphatic carbocycles. The van der Waals surface area contributed by atoms with E-state index < -0.39 is 0 Å². The monoisotopic (exact) mass is 267 g/mol. The summed E-state index contributed by atoms with van der Waals surface area (Å²) in [5.74, 6) is 0.577. The van der Waals surface area contributed by atoms with Gasteiger partial charge in [-0.3, -0.25) is 4.68 Å². The summed E-state index contributed by atoms with van der Waals surface area (Å²) in [4.78, 5) is 0. The third kappa shape index (κ3) is 5.33. The largest absolute Gasteiger partial charge is 0.384 e. The maximum absolute atomic E-state index is 5.23. The van der Waals surface area contributed by atoms with E-state index in [1.54, 1.807) is 7.11 Å². The summed E-state index contributed by atoms with van der Waals surface area (Å²) < 4.78 is 7.25. The Labute approximate surface area is 117 Å². The van der Waals surface area contributed by atoms with Gasteiger partial charge in [0.15, 0.2) is 0 Å². The van der Waals surface area contributed by atoms with E-state index in [-0.39, 0.29) is 0 Å². The minimum Gasteiger partial charge on any atom is -0.384 e. The Hall–Kier alpha value is -0.870. The zero-order valence-corrected chi connectivity index (χ0v) is 13.1. The predicted molar refractivity (Wildman–Crippen MR) is 79.4 cm³/mol. The molecule has 0 aliphatic rings. The molecule has 2 atom stereocenters. The van der Waals surface area contributed by atoms with Crippen LogP contribution in [0.3, 0.4) is 0 Å². The number of hydrogen-bond acceptors (Lipinski definition) is 3. The van der Waals surface area contributed by atoms with Crippen LogP contribution < -0.4 is 5.32 Å². The summed E-state index contributed by atoms with van der Waals surface area (Å²) in [5.41, 5.74) is 2.49. The lowest BCUT2D eigenvalue weighted by atomic mass is 9.98. The average Bonchev–Trinajstić information content (AvgIpc) is 2.71. The summed E-state index contributed by atoms with van der Waals surface area (Å²) in [6.07, 6.45) is 3.17. The van der Waals surface area contributed by atoms with Crippen molar-refractivity contribution in [3.05, 3.63) is 17.5 Å². The number of rotatable bonds is 9. The zero-order valence-electron chi connectivity index (χ0n) is 13.1. The molecular weight excluding hydrogens is 238 g/mol. The molecule has 0 bridgehead atoms. The van der Waals surface area contributed by atoms with Gasteiger partial charge >= 0.3 is 0 Å². The van der Waals surface area contributed by atoms with Gasteiger partial charge < -0.3 is 10.1 Å². The predicted octanol–water partition coefficient (Wildman–Crippen LogP) is 2.18. The first kappa shape index (κ1) is 16.2. The fraction of sp³-hybridized carbons (Fsp3) is 0.800. The third-order valence-corrected chi connectivity index (χ3v) is 3.48. The topological polar surface area (TPSA) is 39.1 Å². The van der Waals surface area contributed by atoms with E-state index in [1.807, 2.05) is 11.7 Å². The van der Waals surface area contributed by atoms with Crippen LogP contribution in [-0.2, 0) is 24.6 Å². The molecular formula is C15H29N3O. The summed E-state index contributed by atoms with van der Waals surface area (Å²) >= 11 is 0. The highest BCUT2D eigenvalue weighted by Gasteiger charge is 2.15. The van der Waals surface area contributed by atoms with Gasteiger partial charge in [-0.1, -0.05) is 20.8 Å². The van der Waals surface area contributed by atoms with Crippen molar-refractivity contribution in [2.24, 2.45) is 13.0 Å². The summed E-state index contributed by atoms with van der Waals surface area (Å²) in [7, 11) is 3.81. The Kier molecular flexibility index (Phi) is 7.10. The summed E-state index contributed by atoms with van der Waals surface area (Å²) in [5, 5.41) is 8.10. The van der Waals surface area contributed by atoms with Crippen molar-refractivity contribution in [1.29, 1.82) is 0 Å². The van der Waals surface area contributed by atoms with Crippen molar-refractivity contribution in [2.75, 3.05) is 20.3 Å². The van der Waals surface area contributed by atoms with E-state index >= 15 is 0 Å². The molecule has 1 N–H and O–H groups in total. The molecule has 4 nitrogen and oxygen atoms in total. The molecule has 0 saturated heterocycles. The fourth-order valence-electron chi connectivity index (χ4n) is 2.55. The van der Waals surface area contributed by atoms with E-state index in [4.69, 9.17) is 4.74 Å². The number of ether oxygens (including phenoxy) is 1. The Balaban J connectivity index is 2.63. The molecule has 0 aromatic carbocycles. The molecule has 110 valence electrons. The van der Waals surface area contributed by atoms with Crippen molar-refractivity contribution in [3.63, 3.8) is 0 Å². The number of aryl methyl sites for hydroxylation is 2. The molecule has 2 unspecified atom stereocenters. The highest BCUT2D eigenvalue weighted by atomic mass is 16.5. The molecule has 1 aromatic rings. The highest BCUT2D eigenvalue weighted by molar-refractivity contribution is 5.11. The van der Waals surface area contributed by atoms with E-state index in [1.165, 1.54) is 11.4 Å². The van der Waals surface area contributed by atoms with Crippen LogP contribution in [0.4, 0.5) is 0 Å². The van der Waals surface area contributed by atoms with Crippen LogP contribution in [0.2, 0.25) is 0 Å². The van der Waals surface area contributed by atoms with Crippen LogP contribution >= 0.6 is 0 Å². The van der Waals surface area contributed by atoms with Gasteiger partial charge in [-0.2, -0.15) is 5.10 Å². The number of likely N-dealkylation sites (N-methyl/N-ethyl adjacent to an activating group) is 1. The van der Waals surface area contributed by atoms with Gasteiger partial charge in [-0.25, -0.2) is 0 Å². The Bertz CT molecular complexity index is 362. The summed E-state index contributed by atoms with van der Waals surface area (Å²) in [6.45, 7) is 8.38. The molecule has 0 radical (unpaired) electrons. The van der Waals surface area contributed by atoms with Gasteiger partial charge in [0, 0.05) is 38.9 Å². The minimum absolute atomic E-state index is 0.496. The molecule has 1 rings (SSSR count). The SMILES string of the molecule is CCNC(Cc1cc(CC)nn1C)CC(C)COC. The van der Waals surface area contributed by atoms with Crippen molar-refractivity contribution >= 4 is 0 Å². The second-order valence-electron chi connectivity index (χ2n) is 5.36. The lowest BCUT2D eigenvalue weighted by Crippen LogP contribution is -2.34. The van der Waals surface area contributed by atoms with Gasteiger partial charge in [-0.05, 0) is 31.4 Å². The third-order valence-electron chi connectivity index (χ3n) is 3.48.